The molecule has 0 radical (unpaired) electrons. The molecule has 3 heterocycles. The number of ether oxygens (including phenoxy) is 1. The van der Waals surface area contributed by atoms with Crippen LogP contribution >= 0.6 is 0 Å². The summed E-state index contributed by atoms with van der Waals surface area (Å²) in [6.45, 7) is 6.60. The van der Waals surface area contributed by atoms with Crippen molar-refractivity contribution in [3.8, 4) is 11.6 Å². The van der Waals surface area contributed by atoms with Crippen molar-refractivity contribution in [2.75, 3.05) is 31.6 Å². The standard InChI is InChI=1S/C29H32F2N6O3/c1-18-26(37(20-7-5-4-6-8-20)35-27(18)40-17-29(2,3)39)34-28(38)33-25-16-36(21-11-12-32-14-21)15-22(25)19-9-10-23(30)24(31)13-19/h4-11,13-14,22,25,39H,12,15-17H2,1-3H3,(H2,33,34,38)/t22-,25+/m0/s1. The summed E-state index contributed by atoms with van der Waals surface area (Å²) < 4.78 is 35.2. The number of para-hydroxylation sites is 1. The van der Waals surface area contributed by atoms with Gasteiger partial charge in [0.25, 0.3) is 0 Å². The van der Waals surface area contributed by atoms with E-state index in [1.165, 1.54) is 6.07 Å². The maximum Gasteiger partial charge on any atom is 0.320 e. The number of hydrogen-bond donors (Lipinski definition) is 3. The first-order chi connectivity index (χ1) is 19.1. The minimum Gasteiger partial charge on any atom is -0.473 e. The highest BCUT2D eigenvalue weighted by molar-refractivity contribution is 5.90. The Hall–Kier alpha value is -4.25. The van der Waals surface area contributed by atoms with Crippen molar-refractivity contribution >= 4 is 18.1 Å². The van der Waals surface area contributed by atoms with Gasteiger partial charge in [-0.2, -0.15) is 0 Å². The van der Waals surface area contributed by atoms with Crippen LogP contribution in [0.1, 0.15) is 30.9 Å². The zero-order valence-electron chi connectivity index (χ0n) is 22.6. The number of likely N-dealkylation sites (tertiary alicyclic amines) is 1. The van der Waals surface area contributed by atoms with Gasteiger partial charge in [-0.15, -0.1) is 5.10 Å². The summed E-state index contributed by atoms with van der Waals surface area (Å²) >= 11 is 0. The number of carbonyl (C=O) groups is 1. The van der Waals surface area contributed by atoms with Gasteiger partial charge in [-0.25, -0.2) is 18.3 Å². The molecule has 9 nitrogen and oxygen atoms in total. The second kappa shape index (κ2) is 11.1. The molecule has 2 aromatic carbocycles. The quantitative estimate of drug-likeness (QED) is 0.391. The molecule has 0 aliphatic carbocycles. The van der Waals surface area contributed by atoms with E-state index in [-0.39, 0.29) is 18.4 Å². The van der Waals surface area contributed by atoms with Gasteiger partial charge >= 0.3 is 6.03 Å². The Morgan fingerprint density at radius 3 is 2.60 bits per heavy atom. The van der Waals surface area contributed by atoms with Crippen LogP contribution in [0.15, 0.2) is 65.3 Å². The molecule has 2 atom stereocenters. The molecule has 1 fully saturated rings. The number of carbonyl (C=O) groups excluding carboxylic acids is 1. The topological polar surface area (TPSA) is 104 Å². The van der Waals surface area contributed by atoms with E-state index in [9.17, 15) is 18.7 Å². The highest BCUT2D eigenvalue weighted by Gasteiger charge is 2.36. The fourth-order valence-electron chi connectivity index (χ4n) is 4.87. The summed E-state index contributed by atoms with van der Waals surface area (Å²) in [5.74, 6) is -1.46. The lowest BCUT2D eigenvalue weighted by atomic mass is 9.94. The third kappa shape index (κ3) is 5.99. The van der Waals surface area contributed by atoms with Gasteiger partial charge in [0.2, 0.25) is 5.88 Å². The molecule has 2 aliphatic rings. The molecule has 210 valence electrons. The number of aromatic nitrogens is 2. The number of rotatable bonds is 8. The Labute approximate surface area is 231 Å². The summed E-state index contributed by atoms with van der Waals surface area (Å²) in [4.78, 5) is 19.7. The molecule has 3 N–H and O–H groups in total. The number of urea groups is 1. The molecular weight excluding hydrogens is 518 g/mol. The third-order valence-corrected chi connectivity index (χ3v) is 6.88. The Kier molecular flexibility index (Phi) is 7.57. The van der Waals surface area contributed by atoms with Crippen LogP contribution in [-0.4, -0.2) is 69.9 Å². The van der Waals surface area contributed by atoms with Crippen molar-refractivity contribution in [1.82, 2.24) is 20.0 Å². The van der Waals surface area contributed by atoms with Crippen LogP contribution in [0.3, 0.4) is 0 Å². The molecule has 3 aromatic rings. The number of anilines is 1. The summed E-state index contributed by atoms with van der Waals surface area (Å²) in [6, 6.07) is 12.2. The van der Waals surface area contributed by atoms with Gasteiger partial charge in [-0.1, -0.05) is 24.3 Å². The fraction of sp³-hybridized carbons (Fsp3) is 0.345. The predicted molar refractivity (Wildman–Crippen MR) is 148 cm³/mol. The summed E-state index contributed by atoms with van der Waals surface area (Å²) in [6.07, 6.45) is 3.77. The van der Waals surface area contributed by atoms with E-state index in [1.54, 1.807) is 37.7 Å². The van der Waals surface area contributed by atoms with Gasteiger partial charge in [-0.3, -0.25) is 10.3 Å². The third-order valence-electron chi connectivity index (χ3n) is 6.88. The first kappa shape index (κ1) is 27.3. The minimum atomic E-state index is -1.07. The highest BCUT2D eigenvalue weighted by Crippen LogP contribution is 2.32. The molecular formula is C29H32F2N6O3. The lowest BCUT2D eigenvalue weighted by molar-refractivity contribution is 0.0265. The number of halogens is 2. The van der Waals surface area contributed by atoms with Gasteiger partial charge in [0.15, 0.2) is 11.6 Å². The lowest BCUT2D eigenvalue weighted by Gasteiger charge is -2.21. The molecule has 0 bridgehead atoms. The average Bonchev–Trinajstić information content (AvgIpc) is 3.65. The van der Waals surface area contributed by atoms with Gasteiger partial charge in [0, 0.05) is 25.2 Å². The summed E-state index contributed by atoms with van der Waals surface area (Å²) in [7, 11) is 0. The number of benzene rings is 2. The van der Waals surface area contributed by atoms with Gasteiger partial charge < -0.3 is 20.1 Å². The van der Waals surface area contributed by atoms with Crippen molar-refractivity contribution in [2.24, 2.45) is 4.99 Å². The molecule has 5 rings (SSSR count). The molecule has 0 saturated carbocycles. The van der Waals surface area contributed by atoms with Crippen LogP contribution in [0, 0.1) is 18.6 Å². The van der Waals surface area contributed by atoms with Gasteiger partial charge in [0.1, 0.15) is 12.4 Å². The Morgan fingerprint density at radius 2 is 1.93 bits per heavy atom. The largest absolute Gasteiger partial charge is 0.473 e. The SMILES string of the molecule is Cc1c(OCC(C)(C)O)nn(-c2ccccc2)c1NC(=O)N[C@@H]1CN(C2=CCN=C2)C[C@H]1c1ccc(F)c(F)c1. The molecule has 1 aromatic heterocycles. The molecule has 0 unspecified atom stereocenters. The number of aliphatic hydroxyl groups is 1. The number of aliphatic imine (C=N–C) groups is 1. The number of allylic oxidation sites excluding steroid dienone is 1. The van der Waals surface area contributed by atoms with Gasteiger partial charge in [-0.05, 0) is 56.7 Å². The van der Waals surface area contributed by atoms with Gasteiger partial charge in [0.05, 0.1) is 35.1 Å². The lowest BCUT2D eigenvalue weighted by Crippen LogP contribution is -2.42. The zero-order valence-corrected chi connectivity index (χ0v) is 22.6. The first-order valence-corrected chi connectivity index (χ1v) is 13.1. The van der Waals surface area contributed by atoms with Crippen LogP contribution in [0.5, 0.6) is 5.88 Å². The summed E-state index contributed by atoms with van der Waals surface area (Å²) in [5, 5.41) is 20.6. The fourth-order valence-corrected chi connectivity index (χ4v) is 4.87. The van der Waals surface area contributed by atoms with Crippen LogP contribution < -0.4 is 15.4 Å². The molecule has 40 heavy (non-hydrogen) atoms. The molecule has 2 aliphatic heterocycles. The molecule has 2 amide bonds. The molecule has 0 spiro atoms. The molecule has 11 heteroatoms. The van der Waals surface area contributed by atoms with Crippen molar-refractivity contribution in [3.63, 3.8) is 0 Å². The van der Waals surface area contributed by atoms with E-state index < -0.39 is 29.3 Å². The molecule has 1 saturated heterocycles. The van der Waals surface area contributed by atoms with E-state index in [4.69, 9.17) is 4.74 Å². The first-order valence-electron chi connectivity index (χ1n) is 13.1. The van der Waals surface area contributed by atoms with E-state index in [2.05, 4.69) is 25.6 Å². The monoisotopic (exact) mass is 550 g/mol. The normalized spacial score (nSPS) is 18.6. The Balaban J connectivity index is 1.40. The van der Waals surface area contributed by atoms with Crippen molar-refractivity contribution in [1.29, 1.82) is 0 Å². The van der Waals surface area contributed by atoms with E-state index in [0.717, 1.165) is 11.8 Å². The number of nitrogens with zero attached hydrogens (tertiary/aromatic N) is 4. The Morgan fingerprint density at radius 1 is 1.15 bits per heavy atom. The number of nitrogens with one attached hydrogen (secondary N) is 2. The van der Waals surface area contributed by atoms with E-state index >= 15 is 0 Å². The smallest absolute Gasteiger partial charge is 0.320 e. The Bertz CT molecular complexity index is 1450. The van der Waals surface area contributed by atoms with Crippen molar-refractivity contribution in [3.05, 3.63) is 83.1 Å². The van der Waals surface area contributed by atoms with Crippen LogP contribution in [-0.2, 0) is 0 Å². The van der Waals surface area contributed by atoms with Crippen molar-refractivity contribution < 1.29 is 23.4 Å². The maximum atomic E-state index is 14.1. The minimum absolute atomic E-state index is 0.0122. The second-order valence-electron chi connectivity index (χ2n) is 10.6. The van der Waals surface area contributed by atoms with E-state index in [0.29, 0.717) is 42.3 Å². The van der Waals surface area contributed by atoms with Crippen LogP contribution in [0.2, 0.25) is 0 Å². The van der Waals surface area contributed by atoms with E-state index in [1.807, 2.05) is 36.4 Å². The van der Waals surface area contributed by atoms with Crippen molar-refractivity contribution in [2.45, 2.75) is 38.3 Å². The summed E-state index contributed by atoms with van der Waals surface area (Å²) in [5.41, 5.74) is 1.74. The maximum absolute atomic E-state index is 14.1. The number of amides is 2. The average molecular weight is 551 g/mol. The zero-order chi connectivity index (χ0) is 28.4. The van der Waals surface area contributed by atoms with Crippen LogP contribution in [0.4, 0.5) is 19.4 Å². The predicted octanol–water partition coefficient (Wildman–Crippen LogP) is 4.17. The highest BCUT2D eigenvalue weighted by atomic mass is 19.2. The van der Waals surface area contributed by atoms with Crippen LogP contribution in [0.25, 0.3) is 5.69 Å². The number of hydrogen-bond acceptors (Lipinski definition) is 6. The second-order valence-corrected chi connectivity index (χ2v) is 10.6.